The minimum atomic E-state index is 0.00634. The lowest BCUT2D eigenvalue weighted by atomic mass is 10.2. The van der Waals surface area contributed by atoms with E-state index in [4.69, 9.17) is 4.42 Å². The fraction of sp³-hybridized carbons (Fsp3) is 0. The summed E-state index contributed by atoms with van der Waals surface area (Å²) in [6.07, 6.45) is 4.69. The van der Waals surface area contributed by atoms with Gasteiger partial charge >= 0.3 is 0 Å². The highest BCUT2D eigenvalue weighted by atomic mass is 16.3. The maximum atomic E-state index is 11.1. The predicted octanol–water partition coefficient (Wildman–Crippen LogP) is 2.27. The van der Waals surface area contributed by atoms with Crippen LogP contribution >= 0.6 is 0 Å². The van der Waals surface area contributed by atoms with Crippen LogP contribution < -0.4 is 5.43 Å². The van der Waals surface area contributed by atoms with Crippen LogP contribution in [0.2, 0.25) is 0 Å². The molecule has 3 aromatic rings. The van der Waals surface area contributed by atoms with Crippen LogP contribution in [0.3, 0.4) is 0 Å². The summed E-state index contributed by atoms with van der Waals surface area (Å²) in [5.41, 5.74) is 0.645. The van der Waals surface area contributed by atoms with E-state index in [1.54, 1.807) is 24.5 Å². The first-order valence-electron chi connectivity index (χ1n) is 5.06. The molecule has 3 rings (SSSR count). The zero-order valence-corrected chi connectivity index (χ0v) is 8.98. The molecule has 0 atom stereocenters. The molecule has 4 heteroatoms. The zero-order chi connectivity index (χ0) is 11.9. The molecule has 17 heavy (non-hydrogen) atoms. The van der Waals surface area contributed by atoms with Crippen LogP contribution in [-0.2, 0) is 0 Å². The highest BCUT2D eigenvalue weighted by Gasteiger charge is 1.95. The summed E-state index contributed by atoms with van der Waals surface area (Å²) < 4.78 is 5.09. The van der Waals surface area contributed by atoms with E-state index < -0.39 is 0 Å². The molecular weight excluding hydrogens is 216 g/mol. The van der Waals surface area contributed by atoms with Crippen LogP contribution in [0.25, 0.3) is 11.0 Å². The monoisotopic (exact) mass is 226 g/mol. The summed E-state index contributed by atoms with van der Waals surface area (Å²) in [5, 5.41) is 7.70. The summed E-state index contributed by atoms with van der Waals surface area (Å²) in [6.45, 7) is 0. The second-order valence-electron chi connectivity index (χ2n) is 3.19. The first-order chi connectivity index (χ1) is 8.38. The van der Waals surface area contributed by atoms with Crippen LogP contribution in [0, 0.1) is 0 Å². The van der Waals surface area contributed by atoms with Crippen molar-refractivity contribution in [2.75, 3.05) is 0 Å². The molecule has 0 aliphatic rings. The van der Waals surface area contributed by atoms with Gasteiger partial charge in [-0.05, 0) is 24.3 Å². The number of hydrogen-bond donors (Lipinski definition) is 0. The zero-order valence-electron chi connectivity index (χ0n) is 8.98. The lowest BCUT2D eigenvalue weighted by Crippen LogP contribution is -1.96. The van der Waals surface area contributed by atoms with E-state index in [1.807, 2.05) is 24.3 Å². The summed E-state index contributed by atoms with van der Waals surface area (Å²) >= 11 is 0. The Labute approximate surface area is 97.6 Å². The number of aromatic nitrogens is 2. The van der Waals surface area contributed by atoms with Gasteiger partial charge in [0, 0.05) is 18.5 Å². The van der Waals surface area contributed by atoms with E-state index in [1.165, 1.54) is 12.3 Å². The van der Waals surface area contributed by atoms with Gasteiger partial charge in [0.05, 0.1) is 11.6 Å². The minimum absolute atomic E-state index is 0.00634. The van der Waals surface area contributed by atoms with Gasteiger partial charge in [0.2, 0.25) is 0 Å². The van der Waals surface area contributed by atoms with Gasteiger partial charge in [-0.25, -0.2) is 0 Å². The van der Waals surface area contributed by atoms with Crippen molar-refractivity contribution in [3.63, 3.8) is 0 Å². The number of benzene rings is 1. The number of rotatable bonds is 0. The van der Waals surface area contributed by atoms with Crippen molar-refractivity contribution in [2.24, 2.45) is 0 Å². The molecule has 0 amide bonds. The Morgan fingerprint density at radius 2 is 1.59 bits per heavy atom. The molecule has 0 aliphatic heterocycles. The first-order valence-corrected chi connectivity index (χ1v) is 5.06. The fourth-order valence-electron chi connectivity index (χ4n) is 1.29. The Bertz CT molecular complexity index is 603. The molecule has 4 nitrogen and oxygen atoms in total. The molecule has 0 saturated carbocycles. The van der Waals surface area contributed by atoms with Crippen molar-refractivity contribution >= 4 is 11.0 Å². The average Bonchev–Trinajstić information content (AvgIpc) is 2.42. The van der Waals surface area contributed by atoms with Gasteiger partial charge in [-0.3, -0.25) is 4.79 Å². The molecule has 0 saturated heterocycles. The third-order valence-corrected chi connectivity index (χ3v) is 2.05. The number of nitrogens with zero attached hydrogens (tertiary/aromatic N) is 2. The third-order valence-electron chi connectivity index (χ3n) is 2.05. The molecule has 0 aliphatic carbocycles. The summed E-state index contributed by atoms with van der Waals surface area (Å²) in [5.74, 6) is 0. The molecule has 2 heterocycles. The van der Waals surface area contributed by atoms with Crippen molar-refractivity contribution in [1.82, 2.24) is 10.2 Å². The normalized spacial score (nSPS) is 9.41. The van der Waals surface area contributed by atoms with Crippen LogP contribution in [0.1, 0.15) is 0 Å². The van der Waals surface area contributed by atoms with Gasteiger partial charge in [0.25, 0.3) is 0 Å². The SMILES string of the molecule is O=c1ccoc2ccccc12.c1ccnnc1. The molecule has 0 spiro atoms. The average molecular weight is 226 g/mol. The van der Waals surface area contributed by atoms with E-state index in [9.17, 15) is 4.79 Å². The highest BCUT2D eigenvalue weighted by Crippen LogP contribution is 2.06. The van der Waals surface area contributed by atoms with Crippen LogP contribution in [0.15, 0.2) is 70.3 Å². The molecule has 0 radical (unpaired) electrons. The van der Waals surface area contributed by atoms with Gasteiger partial charge in [-0.2, -0.15) is 10.2 Å². The topological polar surface area (TPSA) is 56.0 Å². The third kappa shape index (κ3) is 2.98. The second-order valence-corrected chi connectivity index (χ2v) is 3.19. The van der Waals surface area contributed by atoms with Crippen LogP contribution in [0.4, 0.5) is 0 Å². The Balaban J connectivity index is 0.000000153. The lowest BCUT2D eigenvalue weighted by Gasteiger charge is -1.91. The van der Waals surface area contributed by atoms with E-state index in [0.29, 0.717) is 11.0 Å². The molecule has 0 fully saturated rings. The maximum absolute atomic E-state index is 11.1. The highest BCUT2D eigenvalue weighted by molar-refractivity contribution is 5.75. The summed E-state index contributed by atoms with van der Waals surface area (Å²) in [6, 6.07) is 12.3. The van der Waals surface area contributed by atoms with Gasteiger partial charge in [-0.15, -0.1) is 0 Å². The Kier molecular flexibility index (Phi) is 3.60. The Morgan fingerprint density at radius 3 is 2.18 bits per heavy atom. The van der Waals surface area contributed by atoms with E-state index in [2.05, 4.69) is 10.2 Å². The van der Waals surface area contributed by atoms with Gasteiger partial charge in [0.15, 0.2) is 5.43 Å². The van der Waals surface area contributed by atoms with Crippen LogP contribution in [-0.4, -0.2) is 10.2 Å². The van der Waals surface area contributed by atoms with Crippen molar-refractivity contribution in [1.29, 1.82) is 0 Å². The largest absolute Gasteiger partial charge is 0.464 e. The quantitative estimate of drug-likeness (QED) is 0.590. The molecule has 2 aromatic heterocycles. The molecule has 84 valence electrons. The van der Waals surface area contributed by atoms with Crippen LogP contribution in [0.5, 0.6) is 0 Å². The second kappa shape index (κ2) is 5.55. The minimum Gasteiger partial charge on any atom is -0.464 e. The van der Waals surface area contributed by atoms with E-state index >= 15 is 0 Å². The number of hydrogen-bond acceptors (Lipinski definition) is 4. The summed E-state index contributed by atoms with van der Waals surface area (Å²) in [4.78, 5) is 11.1. The smallest absolute Gasteiger partial charge is 0.192 e. The molecule has 0 unspecified atom stereocenters. The van der Waals surface area contributed by atoms with Crippen molar-refractivity contribution in [3.05, 3.63) is 71.3 Å². The fourth-order valence-corrected chi connectivity index (χ4v) is 1.29. The number of fused-ring (bicyclic) bond motifs is 1. The predicted molar refractivity (Wildman–Crippen MR) is 64.5 cm³/mol. The lowest BCUT2D eigenvalue weighted by molar-refractivity contribution is 0.602. The first kappa shape index (κ1) is 11.0. The molecular formula is C13H10N2O2. The molecule has 1 aromatic carbocycles. The summed E-state index contributed by atoms with van der Waals surface area (Å²) in [7, 11) is 0. The van der Waals surface area contributed by atoms with Gasteiger partial charge in [-0.1, -0.05) is 12.1 Å². The van der Waals surface area contributed by atoms with Gasteiger partial charge in [0.1, 0.15) is 5.58 Å². The van der Waals surface area contributed by atoms with Gasteiger partial charge < -0.3 is 4.42 Å². The van der Waals surface area contributed by atoms with E-state index in [-0.39, 0.29) is 5.43 Å². The Hall–Kier alpha value is -2.49. The van der Waals surface area contributed by atoms with Crippen molar-refractivity contribution < 1.29 is 4.42 Å². The molecule has 0 N–H and O–H groups in total. The maximum Gasteiger partial charge on any atom is 0.192 e. The van der Waals surface area contributed by atoms with Crippen molar-refractivity contribution in [2.45, 2.75) is 0 Å². The standard InChI is InChI=1S/C9H6O2.C4H4N2/c10-8-5-6-11-9-4-2-1-3-7(8)9;1-2-4-6-5-3-1/h1-6H;1-4H. The van der Waals surface area contributed by atoms with E-state index in [0.717, 1.165) is 0 Å². The van der Waals surface area contributed by atoms with Crippen molar-refractivity contribution in [3.8, 4) is 0 Å². The molecule has 0 bridgehead atoms. The Morgan fingerprint density at radius 1 is 0.882 bits per heavy atom. The number of para-hydroxylation sites is 1.